The zero-order valence-corrected chi connectivity index (χ0v) is 13.7. The van der Waals surface area contributed by atoms with E-state index in [4.69, 9.17) is 18.0 Å². The van der Waals surface area contributed by atoms with Crippen molar-refractivity contribution in [1.82, 2.24) is 5.32 Å². The number of carbonyl (C=O) groups excluding carboxylic acids is 1. The molecule has 114 valence electrons. The number of hydrogen-bond donors (Lipinski definition) is 2. The van der Waals surface area contributed by atoms with E-state index in [1.165, 1.54) is 25.7 Å². The van der Waals surface area contributed by atoms with E-state index in [9.17, 15) is 4.79 Å². The average molecular weight is 296 g/mol. The van der Waals surface area contributed by atoms with Gasteiger partial charge in [0.2, 0.25) is 5.91 Å². The predicted octanol–water partition coefficient (Wildman–Crippen LogP) is 3.31. The Balaban J connectivity index is 2.13. The first kappa shape index (κ1) is 15.7. The van der Waals surface area contributed by atoms with Gasteiger partial charge < -0.3 is 11.1 Å². The number of nitrogens with one attached hydrogen (secondary N) is 1. The van der Waals surface area contributed by atoms with Gasteiger partial charge in [0.15, 0.2) is 0 Å². The van der Waals surface area contributed by atoms with Gasteiger partial charge >= 0.3 is 0 Å². The summed E-state index contributed by atoms with van der Waals surface area (Å²) in [6, 6.07) is 0.268. The van der Waals surface area contributed by atoms with Crippen LogP contribution in [0.2, 0.25) is 0 Å². The second-order valence-electron chi connectivity index (χ2n) is 7.27. The molecule has 0 aliphatic heterocycles. The Morgan fingerprint density at radius 1 is 1.10 bits per heavy atom. The van der Waals surface area contributed by atoms with Gasteiger partial charge in [-0.15, -0.1) is 0 Å². The van der Waals surface area contributed by atoms with Gasteiger partial charge in [0.05, 0.1) is 10.4 Å². The largest absolute Gasteiger partial charge is 0.392 e. The van der Waals surface area contributed by atoms with Gasteiger partial charge in [-0.3, -0.25) is 4.79 Å². The first-order chi connectivity index (χ1) is 9.38. The molecule has 1 amide bonds. The summed E-state index contributed by atoms with van der Waals surface area (Å²) in [7, 11) is 0. The Labute approximate surface area is 128 Å². The summed E-state index contributed by atoms with van der Waals surface area (Å²) < 4.78 is 0. The van der Waals surface area contributed by atoms with Gasteiger partial charge in [-0.2, -0.15) is 0 Å². The lowest BCUT2D eigenvalue weighted by molar-refractivity contribution is -0.129. The molecule has 2 aliphatic carbocycles. The first-order valence-electron chi connectivity index (χ1n) is 7.99. The minimum Gasteiger partial charge on any atom is -0.392 e. The minimum atomic E-state index is -0.593. The van der Waals surface area contributed by atoms with Gasteiger partial charge in [-0.05, 0) is 31.1 Å². The van der Waals surface area contributed by atoms with E-state index in [-0.39, 0.29) is 17.4 Å². The summed E-state index contributed by atoms with van der Waals surface area (Å²) in [6.45, 7) is 4.48. The Morgan fingerprint density at radius 2 is 1.70 bits per heavy atom. The third kappa shape index (κ3) is 3.00. The van der Waals surface area contributed by atoms with Crippen LogP contribution in [0.5, 0.6) is 0 Å². The zero-order chi connectivity index (χ0) is 14.8. The van der Waals surface area contributed by atoms with E-state index in [1.807, 2.05) is 0 Å². The fourth-order valence-electron chi connectivity index (χ4n) is 3.81. The number of rotatable bonds is 3. The molecule has 1 unspecified atom stereocenters. The molecular formula is C16H28N2OS. The van der Waals surface area contributed by atoms with E-state index in [0.29, 0.717) is 4.99 Å². The van der Waals surface area contributed by atoms with Crippen LogP contribution in [0.4, 0.5) is 0 Å². The van der Waals surface area contributed by atoms with Crippen LogP contribution in [-0.4, -0.2) is 16.9 Å². The molecule has 3 nitrogen and oxygen atoms in total. The summed E-state index contributed by atoms with van der Waals surface area (Å²) in [5.41, 5.74) is 5.58. The molecule has 2 fully saturated rings. The van der Waals surface area contributed by atoms with Gasteiger partial charge in [0.25, 0.3) is 0 Å². The van der Waals surface area contributed by atoms with Crippen molar-refractivity contribution in [2.24, 2.45) is 16.6 Å². The highest BCUT2D eigenvalue weighted by Crippen LogP contribution is 2.40. The molecule has 0 heterocycles. The van der Waals surface area contributed by atoms with Crippen molar-refractivity contribution >= 4 is 23.1 Å². The van der Waals surface area contributed by atoms with Gasteiger partial charge in [-0.25, -0.2) is 0 Å². The molecule has 2 rings (SSSR count). The van der Waals surface area contributed by atoms with Gasteiger partial charge in [0, 0.05) is 6.04 Å². The van der Waals surface area contributed by atoms with E-state index < -0.39 is 5.41 Å². The summed E-state index contributed by atoms with van der Waals surface area (Å²) in [4.78, 5) is 13.3. The predicted molar refractivity (Wildman–Crippen MR) is 86.5 cm³/mol. The van der Waals surface area contributed by atoms with Crippen LogP contribution in [0.25, 0.3) is 0 Å². The van der Waals surface area contributed by atoms with Crippen molar-refractivity contribution in [2.75, 3.05) is 0 Å². The fraction of sp³-hybridized carbons (Fsp3) is 0.875. The molecule has 1 atom stereocenters. The lowest BCUT2D eigenvalue weighted by Crippen LogP contribution is -2.53. The highest BCUT2D eigenvalue weighted by Gasteiger charge is 2.44. The molecule has 0 aromatic rings. The topological polar surface area (TPSA) is 55.1 Å². The number of nitrogens with two attached hydrogens (primary N) is 1. The number of carbonyl (C=O) groups is 1. The Bertz CT molecular complexity index is 384. The molecule has 20 heavy (non-hydrogen) atoms. The van der Waals surface area contributed by atoms with Crippen molar-refractivity contribution in [1.29, 1.82) is 0 Å². The van der Waals surface area contributed by atoms with Crippen LogP contribution in [0.3, 0.4) is 0 Å². The molecule has 0 spiro atoms. The quantitative estimate of drug-likeness (QED) is 0.620. The van der Waals surface area contributed by atoms with Crippen molar-refractivity contribution in [3.05, 3.63) is 0 Å². The first-order valence-corrected chi connectivity index (χ1v) is 8.40. The van der Waals surface area contributed by atoms with Gasteiger partial charge in [0.1, 0.15) is 0 Å². The summed E-state index contributed by atoms with van der Waals surface area (Å²) in [6.07, 6.45) is 9.57. The third-order valence-electron chi connectivity index (χ3n) is 5.43. The maximum atomic E-state index is 12.9. The van der Waals surface area contributed by atoms with E-state index in [0.717, 1.165) is 32.1 Å². The smallest absolute Gasteiger partial charge is 0.233 e. The van der Waals surface area contributed by atoms with E-state index >= 15 is 0 Å². The SMILES string of the molecule is CC1(C)CCCC1NC(=O)C1(C(N)=S)CCCCCC1. The van der Waals surface area contributed by atoms with Crippen molar-refractivity contribution in [3.63, 3.8) is 0 Å². The fourth-order valence-corrected chi connectivity index (χ4v) is 4.10. The average Bonchev–Trinajstić information content (AvgIpc) is 2.61. The lowest BCUT2D eigenvalue weighted by Gasteiger charge is -2.35. The van der Waals surface area contributed by atoms with Crippen LogP contribution in [0, 0.1) is 10.8 Å². The zero-order valence-electron chi connectivity index (χ0n) is 12.8. The van der Waals surface area contributed by atoms with Crippen LogP contribution >= 0.6 is 12.2 Å². The molecular weight excluding hydrogens is 268 g/mol. The second-order valence-corrected chi connectivity index (χ2v) is 7.71. The Morgan fingerprint density at radius 3 is 2.15 bits per heavy atom. The summed E-state index contributed by atoms with van der Waals surface area (Å²) >= 11 is 5.28. The highest BCUT2D eigenvalue weighted by atomic mass is 32.1. The molecule has 4 heteroatoms. The third-order valence-corrected chi connectivity index (χ3v) is 5.82. The van der Waals surface area contributed by atoms with Crippen molar-refractivity contribution in [3.8, 4) is 0 Å². The van der Waals surface area contributed by atoms with Crippen LogP contribution in [0.15, 0.2) is 0 Å². The molecule has 0 bridgehead atoms. The Hall–Kier alpha value is -0.640. The van der Waals surface area contributed by atoms with Crippen LogP contribution in [0.1, 0.15) is 71.6 Å². The molecule has 2 saturated carbocycles. The summed E-state index contributed by atoms with van der Waals surface area (Å²) in [5.74, 6) is 0.0897. The molecule has 0 saturated heterocycles. The normalized spacial score (nSPS) is 28.6. The number of amides is 1. The number of hydrogen-bond acceptors (Lipinski definition) is 2. The van der Waals surface area contributed by atoms with Crippen LogP contribution in [-0.2, 0) is 4.79 Å². The van der Waals surface area contributed by atoms with Gasteiger partial charge in [-0.1, -0.05) is 58.2 Å². The van der Waals surface area contributed by atoms with Crippen LogP contribution < -0.4 is 11.1 Å². The second kappa shape index (κ2) is 6.00. The maximum absolute atomic E-state index is 12.9. The number of thiocarbonyl (C=S) groups is 1. The lowest BCUT2D eigenvalue weighted by atomic mass is 9.78. The van der Waals surface area contributed by atoms with Crippen molar-refractivity contribution in [2.45, 2.75) is 77.7 Å². The van der Waals surface area contributed by atoms with E-state index in [2.05, 4.69) is 19.2 Å². The maximum Gasteiger partial charge on any atom is 0.233 e. The summed E-state index contributed by atoms with van der Waals surface area (Å²) in [5, 5.41) is 3.28. The molecule has 0 radical (unpaired) electrons. The molecule has 0 aromatic carbocycles. The minimum absolute atomic E-state index is 0.0897. The Kier molecular flexibility index (Phi) is 4.73. The monoisotopic (exact) mass is 296 g/mol. The van der Waals surface area contributed by atoms with Crippen molar-refractivity contribution < 1.29 is 4.79 Å². The van der Waals surface area contributed by atoms with E-state index in [1.54, 1.807) is 0 Å². The molecule has 0 aromatic heterocycles. The standard InChI is InChI=1S/C16H28N2OS/c1-15(2)9-7-8-12(15)18-14(19)16(13(17)20)10-5-3-4-6-11-16/h12H,3-11H2,1-2H3,(H2,17,20)(H,18,19). The molecule has 2 aliphatic rings. The highest BCUT2D eigenvalue weighted by molar-refractivity contribution is 7.80. The molecule has 3 N–H and O–H groups in total.